The zero-order valence-corrected chi connectivity index (χ0v) is 10.3. The monoisotopic (exact) mass is 253 g/mol. The Labute approximate surface area is 106 Å². The number of nitrogens with zero attached hydrogens (tertiary/aromatic N) is 1. The Morgan fingerprint density at radius 3 is 2.78 bits per heavy atom. The molecule has 0 saturated carbocycles. The highest BCUT2D eigenvalue weighted by Crippen LogP contribution is 2.30. The van der Waals surface area contributed by atoms with Crippen LogP contribution in [0, 0.1) is 0 Å². The molecular weight excluding hydrogens is 236 g/mol. The molecule has 1 aromatic rings. The fourth-order valence-electron chi connectivity index (χ4n) is 2.63. The van der Waals surface area contributed by atoms with Crippen LogP contribution in [0.1, 0.15) is 24.0 Å². The summed E-state index contributed by atoms with van der Waals surface area (Å²) in [5.41, 5.74) is 2.44. The molecule has 1 aromatic carbocycles. The van der Waals surface area contributed by atoms with E-state index in [4.69, 9.17) is 4.74 Å². The van der Waals surface area contributed by atoms with Crippen molar-refractivity contribution in [2.45, 2.75) is 31.7 Å². The smallest absolute Gasteiger partial charge is 0.250 e. The number of hydrogen-bond donors (Lipinski definition) is 0. The van der Waals surface area contributed by atoms with E-state index in [0.717, 1.165) is 25.3 Å². The van der Waals surface area contributed by atoms with Gasteiger partial charge in [0, 0.05) is 38.9 Å². The molecule has 4 heteroatoms. The van der Waals surface area contributed by atoms with E-state index in [-0.39, 0.29) is 12.8 Å². The molecule has 2 heterocycles. The van der Waals surface area contributed by atoms with E-state index < -0.39 is 5.92 Å². The maximum Gasteiger partial charge on any atom is 0.250 e. The van der Waals surface area contributed by atoms with Crippen molar-refractivity contribution in [2.24, 2.45) is 0 Å². The van der Waals surface area contributed by atoms with E-state index in [0.29, 0.717) is 13.1 Å². The molecule has 2 nitrogen and oxygen atoms in total. The van der Waals surface area contributed by atoms with E-state index in [1.165, 1.54) is 11.1 Å². The van der Waals surface area contributed by atoms with Gasteiger partial charge < -0.3 is 4.74 Å². The molecule has 0 unspecified atom stereocenters. The highest BCUT2D eigenvalue weighted by atomic mass is 19.3. The minimum atomic E-state index is -2.46. The number of halogens is 2. The number of ether oxygens (including phenoxy) is 1. The first kappa shape index (κ1) is 11.9. The van der Waals surface area contributed by atoms with Crippen LogP contribution in [0.5, 0.6) is 5.75 Å². The maximum absolute atomic E-state index is 13.1. The molecule has 0 N–H and O–H groups in total. The number of fused-ring (bicyclic) bond motifs is 1. The van der Waals surface area contributed by atoms with Gasteiger partial charge in [0.05, 0.1) is 6.61 Å². The van der Waals surface area contributed by atoms with Gasteiger partial charge in [-0.05, 0) is 17.2 Å². The molecule has 0 aliphatic carbocycles. The van der Waals surface area contributed by atoms with Gasteiger partial charge in [-0.15, -0.1) is 0 Å². The zero-order chi connectivity index (χ0) is 12.6. The van der Waals surface area contributed by atoms with Crippen molar-refractivity contribution in [1.82, 2.24) is 4.90 Å². The molecule has 0 spiro atoms. The first-order chi connectivity index (χ1) is 8.62. The predicted molar refractivity (Wildman–Crippen MR) is 65.1 cm³/mol. The Hall–Kier alpha value is -1.16. The fourth-order valence-corrected chi connectivity index (χ4v) is 2.63. The van der Waals surface area contributed by atoms with Crippen LogP contribution < -0.4 is 4.74 Å². The number of hydrogen-bond acceptors (Lipinski definition) is 2. The largest absolute Gasteiger partial charge is 0.493 e. The van der Waals surface area contributed by atoms with Crippen molar-refractivity contribution in [3.63, 3.8) is 0 Å². The lowest BCUT2D eigenvalue weighted by molar-refractivity contribution is -0.0566. The summed E-state index contributed by atoms with van der Waals surface area (Å²) in [5.74, 6) is -1.48. The standard InChI is InChI=1S/C14H17F2NO/c15-14(16)4-6-17(7-5-14)10-11-1-2-13-12(9-11)3-8-18-13/h1-2,9H,3-8,10H2. The molecule has 0 bridgehead atoms. The van der Waals surface area contributed by atoms with Gasteiger partial charge in [-0.2, -0.15) is 0 Å². The summed E-state index contributed by atoms with van der Waals surface area (Å²) in [4.78, 5) is 2.11. The molecule has 18 heavy (non-hydrogen) atoms. The third-order valence-corrected chi connectivity index (χ3v) is 3.75. The summed E-state index contributed by atoms with van der Waals surface area (Å²) in [6.07, 6.45) is 0.934. The first-order valence-electron chi connectivity index (χ1n) is 6.47. The van der Waals surface area contributed by atoms with Gasteiger partial charge >= 0.3 is 0 Å². The topological polar surface area (TPSA) is 12.5 Å². The Morgan fingerprint density at radius 2 is 2.00 bits per heavy atom. The number of benzene rings is 1. The molecule has 1 saturated heterocycles. The summed E-state index contributed by atoms with van der Waals surface area (Å²) < 4.78 is 31.6. The lowest BCUT2D eigenvalue weighted by Crippen LogP contribution is -2.38. The van der Waals surface area contributed by atoms with Crippen molar-refractivity contribution in [2.75, 3.05) is 19.7 Å². The Morgan fingerprint density at radius 1 is 1.22 bits per heavy atom. The molecular formula is C14H17F2NO. The number of piperidine rings is 1. The number of rotatable bonds is 2. The highest BCUT2D eigenvalue weighted by molar-refractivity contribution is 5.39. The minimum absolute atomic E-state index is 0.0128. The molecule has 0 aromatic heterocycles. The lowest BCUT2D eigenvalue weighted by Gasteiger charge is -2.31. The van der Waals surface area contributed by atoms with Crippen LogP contribution in [0.3, 0.4) is 0 Å². The fraction of sp³-hybridized carbons (Fsp3) is 0.571. The predicted octanol–water partition coefficient (Wildman–Crippen LogP) is 2.85. The van der Waals surface area contributed by atoms with Crippen molar-refractivity contribution in [1.29, 1.82) is 0 Å². The average molecular weight is 253 g/mol. The van der Waals surface area contributed by atoms with Gasteiger partial charge in [-0.3, -0.25) is 4.90 Å². The van der Waals surface area contributed by atoms with Crippen LogP contribution in [0.4, 0.5) is 8.78 Å². The summed E-state index contributed by atoms with van der Waals surface area (Å²) >= 11 is 0. The molecule has 3 rings (SSSR count). The molecule has 0 radical (unpaired) electrons. The van der Waals surface area contributed by atoms with Gasteiger partial charge in [-0.25, -0.2) is 8.78 Å². The van der Waals surface area contributed by atoms with Crippen LogP contribution in [-0.4, -0.2) is 30.5 Å². The van der Waals surface area contributed by atoms with Crippen molar-refractivity contribution in [3.05, 3.63) is 29.3 Å². The van der Waals surface area contributed by atoms with Crippen molar-refractivity contribution < 1.29 is 13.5 Å². The van der Waals surface area contributed by atoms with Crippen LogP contribution >= 0.6 is 0 Å². The first-order valence-corrected chi connectivity index (χ1v) is 6.47. The quantitative estimate of drug-likeness (QED) is 0.803. The van der Waals surface area contributed by atoms with Gasteiger partial charge in [0.1, 0.15) is 5.75 Å². The summed E-state index contributed by atoms with van der Waals surface area (Å²) in [6, 6.07) is 6.18. The van der Waals surface area contributed by atoms with Crippen molar-refractivity contribution >= 4 is 0 Å². The Bertz CT molecular complexity index is 437. The number of alkyl halides is 2. The molecule has 1 fully saturated rings. The zero-order valence-electron chi connectivity index (χ0n) is 10.3. The summed E-state index contributed by atoms with van der Waals surface area (Å²) in [7, 11) is 0. The van der Waals surface area contributed by atoms with E-state index >= 15 is 0 Å². The number of likely N-dealkylation sites (tertiary alicyclic amines) is 1. The van der Waals surface area contributed by atoms with Gasteiger partial charge in [0.15, 0.2) is 0 Å². The normalized spacial score (nSPS) is 22.6. The summed E-state index contributed by atoms with van der Waals surface area (Å²) in [5, 5.41) is 0. The second-order valence-corrected chi connectivity index (χ2v) is 5.17. The third-order valence-electron chi connectivity index (χ3n) is 3.75. The van der Waals surface area contributed by atoms with E-state index in [2.05, 4.69) is 11.0 Å². The average Bonchev–Trinajstić information content (AvgIpc) is 2.79. The van der Waals surface area contributed by atoms with Crippen LogP contribution in [-0.2, 0) is 13.0 Å². The van der Waals surface area contributed by atoms with Crippen molar-refractivity contribution in [3.8, 4) is 5.75 Å². The van der Waals surface area contributed by atoms with E-state index in [9.17, 15) is 8.78 Å². The minimum Gasteiger partial charge on any atom is -0.493 e. The van der Waals surface area contributed by atoms with Crippen LogP contribution in [0.2, 0.25) is 0 Å². The molecule has 98 valence electrons. The molecule has 0 amide bonds. The van der Waals surface area contributed by atoms with Crippen LogP contribution in [0.15, 0.2) is 18.2 Å². The summed E-state index contributed by atoms with van der Waals surface area (Å²) in [6.45, 7) is 2.50. The lowest BCUT2D eigenvalue weighted by atomic mass is 10.0. The van der Waals surface area contributed by atoms with E-state index in [1.807, 2.05) is 12.1 Å². The maximum atomic E-state index is 13.1. The third kappa shape index (κ3) is 2.48. The second kappa shape index (κ2) is 4.50. The Kier molecular flexibility index (Phi) is 2.98. The molecule has 2 aliphatic heterocycles. The second-order valence-electron chi connectivity index (χ2n) is 5.17. The van der Waals surface area contributed by atoms with Gasteiger partial charge in [0.25, 0.3) is 5.92 Å². The Balaban J connectivity index is 1.63. The van der Waals surface area contributed by atoms with Gasteiger partial charge in [-0.1, -0.05) is 12.1 Å². The highest BCUT2D eigenvalue weighted by Gasteiger charge is 2.33. The van der Waals surface area contributed by atoms with Gasteiger partial charge in [0.2, 0.25) is 0 Å². The molecule has 0 atom stereocenters. The van der Waals surface area contributed by atoms with Crippen LogP contribution in [0.25, 0.3) is 0 Å². The SMILES string of the molecule is FC1(F)CCN(Cc2ccc3c(c2)CCO3)CC1. The molecule has 2 aliphatic rings. The van der Waals surface area contributed by atoms with E-state index in [1.54, 1.807) is 0 Å².